The molecule has 6 heteroatoms. The summed E-state index contributed by atoms with van der Waals surface area (Å²) >= 11 is 0. The third kappa shape index (κ3) is 4.60. The summed E-state index contributed by atoms with van der Waals surface area (Å²) in [5, 5.41) is 4.53. The van der Waals surface area contributed by atoms with Crippen molar-refractivity contribution in [2.75, 3.05) is 11.9 Å². The molecule has 2 amide bonds. The van der Waals surface area contributed by atoms with Crippen molar-refractivity contribution < 1.29 is 18.4 Å². The van der Waals surface area contributed by atoms with E-state index in [0.717, 1.165) is 23.3 Å². The molecule has 0 fully saturated rings. The van der Waals surface area contributed by atoms with Crippen molar-refractivity contribution >= 4 is 17.5 Å². The molecule has 0 aliphatic rings. The van der Waals surface area contributed by atoms with Crippen LogP contribution in [0.2, 0.25) is 0 Å². The lowest BCUT2D eigenvalue weighted by atomic mass is 10.1. The third-order valence-corrected chi connectivity index (χ3v) is 3.29. The monoisotopic (exact) mass is 318 g/mol. The molecule has 2 N–H and O–H groups in total. The van der Waals surface area contributed by atoms with Gasteiger partial charge in [-0.25, -0.2) is 8.78 Å². The zero-order chi connectivity index (χ0) is 16.8. The van der Waals surface area contributed by atoms with Crippen LogP contribution in [0.5, 0.6) is 0 Å². The van der Waals surface area contributed by atoms with E-state index in [1.165, 1.54) is 6.07 Å². The van der Waals surface area contributed by atoms with Crippen LogP contribution in [0.4, 0.5) is 14.5 Å². The number of amides is 2. The van der Waals surface area contributed by atoms with Crippen molar-refractivity contribution in [1.29, 1.82) is 0 Å². The van der Waals surface area contributed by atoms with Gasteiger partial charge < -0.3 is 10.6 Å². The van der Waals surface area contributed by atoms with Gasteiger partial charge in [0.1, 0.15) is 17.3 Å². The van der Waals surface area contributed by atoms with E-state index >= 15 is 0 Å². The smallest absolute Gasteiger partial charge is 0.243 e. The van der Waals surface area contributed by atoms with Gasteiger partial charge in [0, 0.05) is 0 Å². The van der Waals surface area contributed by atoms with E-state index in [1.54, 1.807) is 0 Å². The number of carbonyl (C=O) groups is 2. The fourth-order valence-corrected chi connectivity index (χ4v) is 2.02. The molecular formula is C17H16F2N2O2. The maximum Gasteiger partial charge on any atom is 0.243 e. The Balaban J connectivity index is 1.87. The summed E-state index contributed by atoms with van der Waals surface area (Å²) in [6.45, 7) is 1.52. The highest BCUT2D eigenvalue weighted by Gasteiger charge is 2.13. The van der Waals surface area contributed by atoms with Crippen molar-refractivity contribution in [3.8, 4) is 0 Å². The van der Waals surface area contributed by atoms with Crippen LogP contribution in [0.25, 0.3) is 0 Å². The molecule has 0 atom stereocenters. The third-order valence-electron chi connectivity index (χ3n) is 3.29. The first-order valence-electron chi connectivity index (χ1n) is 7.02. The van der Waals surface area contributed by atoms with E-state index in [4.69, 9.17) is 0 Å². The van der Waals surface area contributed by atoms with E-state index in [9.17, 15) is 18.4 Å². The molecule has 0 spiro atoms. The maximum atomic E-state index is 13.4. The number of rotatable bonds is 5. The highest BCUT2D eigenvalue weighted by molar-refractivity contribution is 5.95. The van der Waals surface area contributed by atoms with Gasteiger partial charge in [-0.1, -0.05) is 30.3 Å². The number of nitrogens with one attached hydrogen (secondary N) is 2. The molecule has 0 bridgehead atoms. The fourth-order valence-electron chi connectivity index (χ4n) is 2.02. The average molecular weight is 318 g/mol. The lowest BCUT2D eigenvalue weighted by molar-refractivity contribution is -0.123. The van der Waals surface area contributed by atoms with Crippen molar-refractivity contribution in [2.45, 2.75) is 13.3 Å². The van der Waals surface area contributed by atoms with Gasteiger partial charge >= 0.3 is 0 Å². The number of para-hydroxylation sites is 1. The Morgan fingerprint density at radius 3 is 2.26 bits per heavy atom. The van der Waals surface area contributed by atoms with Crippen molar-refractivity contribution in [1.82, 2.24) is 5.32 Å². The van der Waals surface area contributed by atoms with Gasteiger partial charge in [0.2, 0.25) is 11.8 Å². The number of anilines is 1. The van der Waals surface area contributed by atoms with E-state index in [2.05, 4.69) is 10.6 Å². The summed E-state index contributed by atoms with van der Waals surface area (Å²) < 4.78 is 26.8. The molecular weight excluding hydrogens is 302 g/mol. The molecule has 0 aliphatic carbocycles. The van der Waals surface area contributed by atoms with E-state index in [-0.39, 0.29) is 18.9 Å². The first-order valence-corrected chi connectivity index (χ1v) is 7.02. The van der Waals surface area contributed by atoms with Crippen LogP contribution >= 0.6 is 0 Å². The van der Waals surface area contributed by atoms with E-state index in [1.807, 2.05) is 31.2 Å². The second kappa shape index (κ2) is 7.49. The fraction of sp³-hybridized carbons (Fsp3) is 0.176. The van der Waals surface area contributed by atoms with Gasteiger partial charge in [-0.15, -0.1) is 0 Å². The Morgan fingerprint density at radius 1 is 0.957 bits per heavy atom. The predicted molar refractivity (Wildman–Crippen MR) is 82.9 cm³/mol. The Hall–Kier alpha value is -2.76. The van der Waals surface area contributed by atoms with Crippen LogP contribution in [0, 0.1) is 18.6 Å². The summed E-state index contributed by atoms with van der Waals surface area (Å²) in [5.41, 5.74) is 1.30. The molecule has 120 valence electrons. The largest absolute Gasteiger partial charge is 0.347 e. The van der Waals surface area contributed by atoms with Crippen molar-refractivity contribution in [3.05, 3.63) is 65.2 Å². The Labute approximate surface area is 132 Å². The van der Waals surface area contributed by atoms with Crippen LogP contribution in [0.3, 0.4) is 0 Å². The minimum atomic E-state index is -0.871. The number of benzene rings is 2. The summed E-state index contributed by atoms with van der Waals surface area (Å²) in [7, 11) is 0. The SMILES string of the molecule is Cc1ccccc1CC(=O)NCC(=O)Nc1c(F)cccc1F. The zero-order valence-corrected chi connectivity index (χ0v) is 12.5. The highest BCUT2D eigenvalue weighted by Crippen LogP contribution is 2.17. The molecule has 0 saturated heterocycles. The summed E-state index contributed by atoms with van der Waals surface area (Å²) in [4.78, 5) is 23.5. The van der Waals surface area contributed by atoms with Crippen molar-refractivity contribution in [2.24, 2.45) is 0 Å². The first kappa shape index (κ1) is 16.6. The quantitative estimate of drug-likeness (QED) is 0.890. The van der Waals surface area contributed by atoms with Crippen LogP contribution in [-0.4, -0.2) is 18.4 Å². The Kier molecular flexibility index (Phi) is 5.41. The van der Waals surface area contributed by atoms with Crippen LogP contribution in [-0.2, 0) is 16.0 Å². The second-order valence-corrected chi connectivity index (χ2v) is 5.02. The minimum absolute atomic E-state index is 0.133. The standard InChI is InChI=1S/C17H16F2N2O2/c1-11-5-2-3-6-12(11)9-15(22)20-10-16(23)21-17-13(18)7-4-8-14(17)19/h2-8H,9-10H2,1H3,(H,20,22)(H,21,23). The van der Waals surface area contributed by atoms with Crippen LogP contribution < -0.4 is 10.6 Å². The molecule has 2 rings (SSSR count). The number of hydrogen-bond donors (Lipinski definition) is 2. The van der Waals surface area contributed by atoms with Gasteiger partial charge in [0.25, 0.3) is 0 Å². The number of aryl methyl sites for hydroxylation is 1. The van der Waals surface area contributed by atoms with Gasteiger partial charge in [0.05, 0.1) is 13.0 Å². The van der Waals surface area contributed by atoms with E-state index < -0.39 is 23.2 Å². The zero-order valence-electron chi connectivity index (χ0n) is 12.5. The van der Waals surface area contributed by atoms with Crippen molar-refractivity contribution in [3.63, 3.8) is 0 Å². The lowest BCUT2D eigenvalue weighted by Gasteiger charge is -2.09. The molecule has 0 aromatic heterocycles. The van der Waals surface area contributed by atoms with Crippen LogP contribution in [0.1, 0.15) is 11.1 Å². The molecule has 2 aromatic rings. The second-order valence-electron chi connectivity index (χ2n) is 5.02. The summed E-state index contributed by atoms with van der Waals surface area (Å²) in [6.07, 6.45) is 0.133. The molecule has 0 saturated carbocycles. The molecule has 0 heterocycles. The molecule has 23 heavy (non-hydrogen) atoms. The maximum absolute atomic E-state index is 13.4. The van der Waals surface area contributed by atoms with Gasteiger partial charge in [-0.2, -0.15) is 0 Å². The average Bonchev–Trinajstić information content (AvgIpc) is 2.51. The minimum Gasteiger partial charge on any atom is -0.347 e. The summed E-state index contributed by atoms with van der Waals surface area (Å²) in [5.74, 6) is -2.79. The molecule has 0 radical (unpaired) electrons. The Morgan fingerprint density at radius 2 is 1.61 bits per heavy atom. The normalized spacial score (nSPS) is 10.2. The molecule has 4 nitrogen and oxygen atoms in total. The first-order chi connectivity index (χ1) is 11.0. The Bertz CT molecular complexity index is 712. The predicted octanol–water partition coefficient (Wildman–Crippen LogP) is 2.57. The van der Waals surface area contributed by atoms with Gasteiger partial charge in [-0.3, -0.25) is 9.59 Å². The van der Waals surface area contributed by atoms with Crippen LogP contribution in [0.15, 0.2) is 42.5 Å². The highest BCUT2D eigenvalue weighted by atomic mass is 19.1. The summed E-state index contributed by atoms with van der Waals surface area (Å²) in [6, 6.07) is 10.7. The molecule has 0 unspecified atom stereocenters. The number of hydrogen-bond acceptors (Lipinski definition) is 2. The molecule has 0 aliphatic heterocycles. The number of carbonyl (C=O) groups excluding carboxylic acids is 2. The van der Waals surface area contributed by atoms with E-state index in [0.29, 0.717) is 0 Å². The van der Waals surface area contributed by atoms with Gasteiger partial charge in [-0.05, 0) is 30.2 Å². The topological polar surface area (TPSA) is 58.2 Å². The van der Waals surface area contributed by atoms with Gasteiger partial charge in [0.15, 0.2) is 0 Å². The molecule has 2 aromatic carbocycles. The lowest BCUT2D eigenvalue weighted by Crippen LogP contribution is -2.34. The number of halogens is 2.